The first kappa shape index (κ1) is 17.3. The number of carbonyl (C=O) groups excluding carboxylic acids is 1. The number of nitrogens with one attached hydrogen (secondary N) is 1. The Morgan fingerprint density at radius 1 is 1.00 bits per heavy atom. The average molecular weight is 384 g/mol. The van der Waals surface area contributed by atoms with Gasteiger partial charge in [-0.25, -0.2) is 13.2 Å². The summed E-state index contributed by atoms with van der Waals surface area (Å²) in [6, 6.07) is 13.8. The number of benzene rings is 2. The van der Waals surface area contributed by atoms with Crippen molar-refractivity contribution in [3.05, 3.63) is 65.0 Å². The van der Waals surface area contributed by atoms with Crippen molar-refractivity contribution in [2.45, 2.75) is 17.7 Å². The summed E-state index contributed by atoms with van der Waals surface area (Å²) in [7, 11) is -3.84. The molecule has 0 aliphatic carbocycles. The molecule has 1 amide bonds. The fourth-order valence-corrected chi connectivity index (χ4v) is 4.17. The van der Waals surface area contributed by atoms with Gasteiger partial charge in [0.1, 0.15) is 5.58 Å². The Hall–Kier alpha value is -3.13. The number of rotatable bonds is 4. The molecule has 27 heavy (non-hydrogen) atoms. The van der Waals surface area contributed by atoms with Crippen molar-refractivity contribution < 1.29 is 17.6 Å². The molecule has 0 saturated carbocycles. The molecule has 1 aliphatic heterocycles. The summed E-state index contributed by atoms with van der Waals surface area (Å²) in [6.45, 7) is 0.630. The Morgan fingerprint density at radius 2 is 1.85 bits per heavy atom. The van der Waals surface area contributed by atoms with Gasteiger partial charge in [-0.1, -0.05) is 6.07 Å². The van der Waals surface area contributed by atoms with Gasteiger partial charge in [0, 0.05) is 30.1 Å². The lowest BCUT2D eigenvalue weighted by molar-refractivity contribution is -0.117. The topological polar surface area (TPSA) is 96.7 Å². The van der Waals surface area contributed by atoms with Gasteiger partial charge in [-0.05, 0) is 48.9 Å². The first-order valence-electron chi connectivity index (χ1n) is 8.40. The van der Waals surface area contributed by atoms with Crippen LogP contribution < -0.4 is 15.2 Å². The molecule has 2 heterocycles. The van der Waals surface area contributed by atoms with Crippen LogP contribution >= 0.6 is 0 Å². The monoisotopic (exact) mass is 384 g/mol. The van der Waals surface area contributed by atoms with Gasteiger partial charge >= 0.3 is 5.63 Å². The summed E-state index contributed by atoms with van der Waals surface area (Å²) in [5, 5.41) is 0.508. The van der Waals surface area contributed by atoms with Crippen LogP contribution in [0.5, 0.6) is 0 Å². The predicted molar refractivity (Wildman–Crippen MR) is 101 cm³/mol. The van der Waals surface area contributed by atoms with Crippen molar-refractivity contribution in [1.29, 1.82) is 0 Å². The van der Waals surface area contributed by atoms with E-state index < -0.39 is 15.6 Å². The molecule has 1 aromatic heterocycles. The Bertz CT molecular complexity index is 1200. The van der Waals surface area contributed by atoms with E-state index in [0.29, 0.717) is 35.3 Å². The third-order valence-electron chi connectivity index (χ3n) is 4.38. The summed E-state index contributed by atoms with van der Waals surface area (Å²) in [6.07, 6.45) is 1.30. The molecule has 0 radical (unpaired) electrons. The number of amides is 1. The van der Waals surface area contributed by atoms with Crippen molar-refractivity contribution in [1.82, 2.24) is 0 Å². The standard InChI is InChI=1S/C19H16N2O5S/c22-18-5-2-10-21(18)15-4-1-3-14(12-15)20-27(24,25)16-7-8-17-13(11-16)6-9-19(23)26-17/h1,3-4,6-9,11-12,20H,2,5,10H2. The van der Waals surface area contributed by atoms with E-state index in [2.05, 4.69) is 4.72 Å². The minimum Gasteiger partial charge on any atom is -0.423 e. The zero-order valence-electron chi connectivity index (χ0n) is 14.2. The number of anilines is 2. The molecule has 0 atom stereocenters. The van der Waals surface area contributed by atoms with Crippen LogP contribution in [0.4, 0.5) is 11.4 Å². The first-order valence-corrected chi connectivity index (χ1v) is 9.88. The SMILES string of the molecule is O=C1CCCN1c1cccc(NS(=O)(=O)c2ccc3oc(=O)ccc3c2)c1. The van der Waals surface area contributed by atoms with E-state index in [1.807, 2.05) is 0 Å². The number of hydrogen-bond acceptors (Lipinski definition) is 5. The second-order valence-electron chi connectivity index (χ2n) is 6.26. The third-order valence-corrected chi connectivity index (χ3v) is 5.76. The third kappa shape index (κ3) is 3.43. The maximum atomic E-state index is 12.7. The molecule has 0 unspecified atom stereocenters. The highest BCUT2D eigenvalue weighted by Crippen LogP contribution is 2.26. The van der Waals surface area contributed by atoms with Gasteiger partial charge in [0.2, 0.25) is 5.91 Å². The summed E-state index contributed by atoms with van der Waals surface area (Å²) in [5.74, 6) is 0.0334. The molecule has 1 fully saturated rings. The van der Waals surface area contributed by atoms with Gasteiger partial charge in [-0.2, -0.15) is 0 Å². The lowest BCUT2D eigenvalue weighted by Crippen LogP contribution is -2.23. The van der Waals surface area contributed by atoms with E-state index >= 15 is 0 Å². The van der Waals surface area contributed by atoms with Crippen LogP contribution in [0.1, 0.15) is 12.8 Å². The zero-order chi connectivity index (χ0) is 19.0. The van der Waals surface area contributed by atoms with Gasteiger partial charge < -0.3 is 9.32 Å². The molecule has 1 saturated heterocycles. The van der Waals surface area contributed by atoms with Crippen molar-refractivity contribution >= 4 is 38.3 Å². The van der Waals surface area contributed by atoms with Crippen molar-refractivity contribution in [2.75, 3.05) is 16.2 Å². The molecule has 3 aromatic rings. The fourth-order valence-electron chi connectivity index (χ4n) is 3.09. The van der Waals surface area contributed by atoms with Crippen LogP contribution in [0, 0.1) is 0 Å². The number of carbonyl (C=O) groups is 1. The largest absolute Gasteiger partial charge is 0.423 e. The smallest absolute Gasteiger partial charge is 0.336 e. The van der Waals surface area contributed by atoms with Crippen LogP contribution in [-0.4, -0.2) is 20.9 Å². The van der Waals surface area contributed by atoms with Crippen molar-refractivity contribution in [3.8, 4) is 0 Å². The van der Waals surface area contributed by atoms with E-state index in [9.17, 15) is 18.0 Å². The number of fused-ring (bicyclic) bond motifs is 1. The molecular formula is C19H16N2O5S. The second-order valence-corrected chi connectivity index (χ2v) is 7.94. The minimum absolute atomic E-state index is 0.0334. The molecular weight excluding hydrogens is 368 g/mol. The molecule has 1 N–H and O–H groups in total. The highest BCUT2D eigenvalue weighted by atomic mass is 32.2. The average Bonchev–Trinajstić information content (AvgIpc) is 3.07. The molecule has 138 valence electrons. The van der Waals surface area contributed by atoms with Crippen LogP contribution in [0.15, 0.2) is 68.7 Å². The summed E-state index contributed by atoms with van der Waals surface area (Å²) in [5.41, 5.74) is 0.852. The lowest BCUT2D eigenvalue weighted by atomic mass is 10.2. The van der Waals surface area contributed by atoms with Crippen LogP contribution in [0.25, 0.3) is 11.0 Å². The molecule has 0 bridgehead atoms. The number of sulfonamides is 1. The first-order chi connectivity index (χ1) is 12.9. The molecule has 7 nitrogen and oxygen atoms in total. The number of hydrogen-bond donors (Lipinski definition) is 1. The summed E-state index contributed by atoms with van der Waals surface area (Å²) >= 11 is 0. The highest BCUT2D eigenvalue weighted by molar-refractivity contribution is 7.92. The van der Waals surface area contributed by atoms with Gasteiger partial charge in [-0.15, -0.1) is 0 Å². The Morgan fingerprint density at radius 3 is 2.63 bits per heavy atom. The maximum absolute atomic E-state index is 12.7. The van der Waals surface area contributed by atoms with E-state index in [-0.39, 0.29) is 10.8 Å². The highest BCUT2D eigenvalue weighted by Gasteiger charge is 2.22. The quantitative estimate of drug-likeness (QED) is 0.698. The van der Waals surface area contributed by atoms with Gasteiger partial charge in [-0.3, -0.25) is 9.52 Å². The molecule has 4 rings (SSSR count). The summed E-state index contributed by atoms with van der Waals surface area (Å²) in [4.78, 5) is 24.8. The second kappa shape index (κ2) is 6.55. The van der Waals surface area contributed by atoms with Crippen LogP contribution in [0.3, 0.4) is 0 Å². The molecule has 2 aromatic carbocycles. The number of nitrogens with zero attached hydrogens (tertiary/aromatic N) is 1. The van der Waals surface area contributed by atoms with Gasteiger partial charge in [0.15, 0.2) is 0 Å². The Balaban J connectivity index is 1.64. The molecule has 8 heteroatoms. The van der Waals surface area contributed by atoms with Crippen LogP contribution in [0.2, 0.25) is 0 Å². The van der Waals surface area contributed by atoms with E-state index in [0.717, 1.165) is 6.42 Å². The zero-order valence-corrected chi connectivity index (χ0v) is 15.0. The van der Waals surface area contributed by atoms with Crippen molar-refractivity contribution in [2.24, 2.45) is 0 Å². The Kier molecular flexibility index (Phi) is 4.19. The maximum Gasteiger partial charge on any atom is 0.336 e. The van der Waals surface area contributed by atoms with Crippen LogP contribution in [-0.2, 0) is 14.8 Å². The fraction of sp³-hybridized carbons (Fsp3) is 0.158. The Labute approximate surface area is 155 Å². The van der Waals surface area contributed by atoms with E-state index in [1.54, 1.807) is 29.2 Å². The minimum atomic E-state index is -3.84. The lowest BCUT2D eigenvalue weighted by Gasteiger charge is -2.17. The van der Waals surface area contributed by atoms with E-state index in [4.69, 9.17) is 4.42 Å². The predicted octanol–water partition coefficient (Wildman–Crippen LogP) is 2.72. The summed E-state index contributed by atoms with van der Waals surface area (Å²) < 4.78 is 33.0. The molecule has 1 aliphatic rings. The normalized spacial score (nSPS) is 14.7. The van der Waals surface area contributed by atoms with Gasteiger partial charge in [0.25, 0.3) is 10.0 Å². The molecule has 0 spiro atoms. The van der Waals surface area contributed by atoms with E-state index in [1.165, 1.54) is 30.3 Å². The van der Waals surface area contributed by atoms with Crippen molar-refractivity contribution in [3.63, 3.8) is 0 Å². The van der Waals surface area contributed by atoms with Gasteiger partial charge in [0.05, 0.1) is 10.6 Å².